The summed E-state index contributed by atoms with van der Waals surface area (Å²) in [5, 5.41) is 8.11. The lowest BCUT2D eigenvalue weighted by atomic mass is 10.2. The number of aromatic nitrogens is 1. The molecule has 1 fully saturated rings. The summed E-state index contributed by atoms with van der Waals surface area (Å²) in [6.45, 7) is 5.33. The van der Waals surface area contributed by atoms with E-state index in [2.05, 4.69) is 21.4 Å². The SMILES string of the molecule is CCNC(=NCCc1cc2ccccc2o1)N1CCN(S(=O)(=O)Cc2ccon2)CC1. The number of fused-ring (bicyclic) bond motifs is 1. The number of furan rings is 1. The number of hydrogen-bond donors (Lipinski definition) is 1. The van der Waals surface area contributed by atoms with Crippen molar-refractivity contribution in [1.29, 1.82) is 0 Å². The molecule has 0 aliphatic carbocycles. The molecule has 1 aliphatic heterocycles. The second-order valence-corrected chi connectivity index (χ2v) is 9.34. The predicted molar refractivity (Wildman–Crippen MR) is 118 cm³/mol. The van der Waals surface area contributed by atoms with Crippen LogP contribution in [0.2, 0.25) is 0 Å². The number of aliphatic imine (C=N–C) groups is 1. The summed E-state index contributed by atoms with van der Waals surface area (Å²) in [6.07, 6.45) is 2.09. The monoisotopic (exact) mass is 445 g/mol. The summed E-state index contributed by atoms with van der Waals surface area (Å²) in [5.74, 6) is 1.56. The van der Waals surface area contributed by atoms with E-state index in [0.717, 1.165) is 29.2 Å². The van der Waals surface area contributed by atoms with E-state index in [-0.39, 0.29) is 5.75 Å². The fourth-order valence-electron chi connectivity index (χ4n) is 3.63. The Bertz CT molecular complexity index is 1080. The van der Waals surface area contributed by atoms with Gasteiger partial charge in [-0.15, -0.1) is 0 Å². The van der Waals surface area contributed by atoms with Crippen molar-refractivity contribution < 1.29 is 17.4 Å². The summed E-state index contributed by atoms with van der Waals surface area (Å²) in [7, 11) is -3.42. The summed E-state index contributed by atoms with van der Waals surface area (Å²) < 4.78 is 37.4. The van der Waals surface area contributed by atoms with Crippen LogP contribution in [0.1, 0.15) is 18.4 Å². The molecule has 31 heavy (non-hydrogen) atoms. The van der Waals surface area contributed by atoms with Crippen LogP contribution in [-0.2, 0) is 22.2 Å². The van der Waals surface area contributed by atoms with E-state index in [1.807, 2.05) is 31.2 Å². The molecule has 0 atom stereocenters. The molecule has 1 aromatic carbocycles. The number of piperazine rings is 1. The van der Waals surface area contributed by atoms with Gasteiger partial charge < -0.3 is 19.2 Å². The van der Waals surface area contributed by atoms with Crippen LogP contribution in [0.25, 0.3) is 11.0 Å². The Morgan fingerprint density at radius 3 is 2.71 bits per heavy atom. The smallest absolute Gasteiger partial charge is 0.220 e. The largest absolute Gasteiger partial charge is 0.461 e. The maximum atomic E-state index is 12.6. The van der Waals surface area contributed by atoms with Gasteiger partial charge in [0.1, 0.15) is 23.4 Å². The van der Waals surface area contributed by atoms with Crippen LogP contribution in [0.15, 0.2) is 56.6 Å². The van der Waals surface area contributed by atoms with Crippen LogP contribution in [0.5, 0.6) is 0 Å². The molecule has 166 valence electrons. The second kappa shape index (κ2) is 9.52. The topological polar surface area (TPSA) is 104 Å². The minimum absolute atomic E-state index is 0.144. The summed E-state index contributed by atoms with van der Waals surface area (Å²) in [5.41, 5.74) is 1.30. The number of nitrogens with zero attached hydrogens (tertiary/aromatic N) is 4. The van der Waals surface area contributed by atoms with Gasteiger partial charge >= 0.3 is 0 Å². The quantitative estimate of drug-likeness (QED) is 0.439. The van der Waals surface area contributed by atoms with E-state index >= 15 is 0 Å². The molecular formula is C21H27N5O4S. The van der Waals surface area contributed by atoms with Crippen LogP contribution < -0.4 is 5.32 Å². The molecule has 3 heterocycles. The van der Waals surface area contributed by atoms with E-state index in [9.17, 15) is 8.42 Å². The average molecular weight is 446 g/mol. The first-order chi connectivity index (χ1) is 15.0. The van der Waals surface area contributed by atoms with Gasteiger partial charge in [0.05, 0.1) is 5.69 Å². The van der Waals surface area contributed by atoms with Gasteiger partial charge in [0, 0.05) is 57.1 Å². The molecular weight excluding hydrogens is 418 g/mol. The van der Waals surface area contributed by atoms with Crippen molar-refractivity contribution in [3.05, 3.63) is 54.1 Å². The van der Waals surface area contributed by atoms with Gasteiger partial charge in [-0.25, -0.2) is 8.42 Å². The van der Waals surface area contributed by atoms with Crippen LogP contribution >= 0.6 is 0 Å². The highest BCUT2D eigenvalue weighted by molar-refractivity contribution is 7.88. The Kier molecular flexibility index (Phi) is 6.57. The lowest BCUT2D eigenvalue weighted by molar-refractivity contribution is 0.260. The molecule has 3 aromatic rings. The molecule has 0 unspecified atom stereocenters. The van der Waals surface area contributed by atoms with Crippen molar-refractivity contribution in [3.63, 3.8) is 0 Å². The minimum Gasteiger partial charge on any atom is -0.461 e. The zero-order valence-corrected chi connectivity index (χ0v) is 18.3. The Balaban J connectivity index is 1.34. The van der Waals surface area contributed by atoms with Crippen molar-refractivity contribution in [3.8, 4) is 0 Å². The first-order valence-corrected chi connectivity index (χ1v) is 12.0. The lowest BCUT2D eigenvalue weighted by Gasteiger charge is -2.35. The van der Waals surface area contributed by atoms with Gasteiger partial charge in [-0.05, 0) is 19.1 Å². The summed E-state index contributed by atoms with van der Waals surface area (Å²) in [4.78, 5) is 6.83. The molecule has 10 heteroatoms. The molecule has 0 spiro atoms. The van der Waals surface area contributed by atoms with Crippen LogP contribution in [0.4, 0.5) is 0 Å². The first kappa shape index (κ1) is 21.4. The Hall–Kier alpha value is -2.85. The second-order valence-electron chi connectivity index (χ2n) is 7.37. The van der Waals surface area contributed by atoms with E-state index in [1.165, 1.54) is 10.6 Å². The number of benzene rings is 1. The number of rotatable bonds is 7. The number of hydrogen-bond acceptors (Lipinski definition) is 6. The zero-order chi connectivity index (χ0) is 21.7. The third kappa shape index (κ3) is 5.26. The summed E-state index contributed by atoms with van der Waals surface area (Å²) in [6, 6.07) is 11.6. The Labute approximate surface area is 181 Å². The van der Waals surface area contributed by atoms with Crippen molar-refractivity contribution >= 4 is 27.0 Å². The molecule has 0 radical (unpaired) electrons. The maximum absolute atomic E-state index is 12.6. The number of para-hydroxylation sites is 1. The molecule has 0 amide bonds. The number of nitrogens with one attached hydrogen (secondary N) is 1. The van der Waals surface area contributed by atoms with Crippen molar-refractivity contribution in [2.24, 2.45) is 4.99 Å². The molecule has 1 N–H and O–H groups in total. The highest BCUT2D eigenvalue weighted by Crippen LogP contribution is 2.19. The number of sulfonamides is 1. The summed E-state index contributed by atoms with van der Waals surface area (Å²) >= 11 is 0. The van der Waals surface area contributed by atoms with Gasteiger partial charge in [0.2, 0.25) is 10.0 Å². The van der Waals surface area contributed by atoms with Gasteiger partial charge in [-0.2, -0.15) is 4.31 Å². The highest BCUT2D eigenvalue weighted by Gasteiger charge is 2.29. The van der Waals surface area contributed by atoms with Gasteiger partial charge in [0.15, 0.2) is 5.96 Å². The molecule has 1 aliphatic rings. The fraction of sp³-hybridized carbons (Fsp3) is 0.429. The number of guanidine groups is 1. The fourth-order valence-corrected chi connectivity index (χ4v) is 5.05. The molecule has 2 aromatic heterocycles. The van der Waals surface area contributed by atoms with Crippen LogP contribution in [0.3, 0.4) is 0 Å². The normalized spacial score (nSPS) is 16.2. The van der Waals surface area contributed by atoms with E-state index in [4.69, 9.17) is 13.9 Å². The lowest BCUT2D eigenvalue weighted by Crippen LogP contribution is -2.54. The molecule has 0 bridgehead atoms. The Morgan fingerprint density at radius 2 is 2.00 bits per heavy atom. The van der Waals surface area contributed by atoms with Crippen molar-refractivity contribution in [1.82, 2.24) is 19.7 Å². The van der Waals surface area contributed by atoms with Gasteiger partial charge in [0.25, 0.3) is 0 Å². The first-order valence-electron chi connectivity index (χ1n) is 10.4. The van der Waals surface area contributed by atoms with E-state index in [1.54, 1.807) is 6.07 Å². The third-order valence-electron chi connectivity index (χ3n) is 5.18. The molecule has 9 nitrogen and oxygen atoms in total. The predicted octanol–water partition coefficient (Wildman–Crippen LogP) is 2.08. The van der Waals surface area contributed by atoms with Gasteiger partial charge in [-0.3, -0.25) is 4.99 Å². The van der Waals surface area contributed by atoms with Crippen LogP contribution in [-0.4, -0.2) is 68.0 Å². The molecule has 0 saturated carbocycles. The van der Waals surface area contributed by atoms with Crippen molar-refractivity contribution in [2.45, 2.75) is 19.1 Å². The van der Waals surface area contributed by atoms with E-state index in [0.29, 0.717) is 44.8 Å². The molecule has 4 rings (SSSR count). The average Bonchev–Trinajstić information content (AvgIpc) is 3.42. The highest BCUT2D eigenvalue weighted by atomic mass is 32.2. The van der Waals surface area contributed by atoms with Gasteiger partial charge in [-0.1, -0.05) is 23.4 Å². The van der Waals surface area contributed by atoms with Crippen LogP contribution in [0, 0.1) is 0 Å². The van der Waals surface area contributed by atoms with Crippen molar-refractivity contribution in [2.75, 3.05) is 39.3 Å². The molecule has 1 saturated heterocycles. The minimum atomic E-state index is -3.42. The maximum Gasteiger partial charge on any atom is 0.220 e. The third-order valence-corrected chi connectivity index (χ3v) is 7.00. The van der Waals surface area contributed by atoms with E-state index < -0.39 is 10.0 Å². The Morgan fingerprint density at radius 1 is 1.19 bits per heavy atom. The zero-order valence-electron chi connectivity index (χ0n) is 17.5. The standard InChI is InChI=1S/C21H27N5O4S/c1-2-22-21(23-9-7-19-15-17-5-3-4-6-20(17)30-19)25-10-12-26(13-11-25)31(27,28)16-18-8-14-29-24-18/h3-6,8,14-15H,2,7,9-13,16H2,1H3,(H,22,23).